The van der Waals surface area contributed by atoms with Gasteiger partial charge in [-0.2, -0.15) is 5.26 Å². The van der Waals surface area contributed by atoms with E-state index in [0.29, 0.717) is 6.54 Å². The average Bonchev–Trinajstić information content (AvgIpc) is 2.90. The summed E-state index contributed by atoms with van der Waals surface area (Å²) in [6.45, 7) is 0.596. The van der Waals surface area contributed by atoms with Crippen molar-refractivity contribution in [2.75, 3.05) is 11.9 Å². The zero-order valence-corrected chi connectivity index (χ0v) is 10.2. The van der Waals surface area contributed by atoms with Crippen LogP contribution in [-0.4, -0.2) is 12.0 Å². The van der Waals surface area contributed by atoms with Crippen molar-refractivity contribution in [3.8, 4) is 6.07 Å². The van der Waals surface area contributed by atoms with Gasteiger partial charge in [-0.05, 0) is 18.2 Å². The van der Waals surface area contributed by atoms with Gasteiger partial charge in [-0.25, -0.2) is 0 Å². The van der Waals surface area contributed by atoms with E-state index in [1.807, 2.05) is 24.1 Å². The Morgan fingerprint density at radius 3 is 2.84 bits per heavy atom. The molecule has 0 saturated carbocycles. The first kappa shape index (κ1) is 12.6. The van der Waals surface area contributed by atoms with Crippen LogP contribution in [0.1, 0.15) is 11.1 Å². The maximum atomic E-state index is 10.7. The van der Waals surface area contributed by atoms with Crippen LogP contribution < -0.4 is 4.90 Å². The second kappa shape index (κ2) is 5.23. The third kappa shape index (κ3) is 2.72. The lowest BCUT2D eigenvalue weighted by molar-refractivity contribution is -0.385. The Labute approximate surface area is 109 Å². The zero-order chi connectivity index (χ0) is 13.8. The van der Waals surface area contributed by atoms with E-state index in [9.17, 15) is 10.1 Å². The van der Waals surface area contributed by atoms with Crippen LogP contribution in [-0.2, 0) is 6.54 Å². The fourth-order valence-corrected chi connectivity index (χ4v) is 1.76. The van der Waals surface area contributed by atoms with Gasteiger partial charge in [-0.3, -0.25) is 10.1 Å². The van der Waals surface area contributed by atoms with Gasteiger partial charge >= 0.3 is 0 Å². The first-order valence-corrected chi connectivity index (χ1v) is 5.52. The van der Waals surface area contributed by atoms with Gasteiger partial charge in [0.05, 0.1) is 17.4 Å². The lowest BCUT2D eigenvalue weighted by Gasteiger charge is -2.18. The monoisotopic (exact) mass is 257 g/mol. The molecule has 0 aliphatic heterocycles. The van der Waals surface area contributed by atoms with Crippen LogP contribution in [0.5, 0.6) is 0 Å². The quantitative estimate of drug-likeness (QED) is 0.621. The van der Waals surface area contributed by atoms with Crippen LogP contribution in [0, 0.1) is 21.4 Å². The fourth-order valence-electron chi connectivity index (χ4n) is 1.76. The second-order valence-corrected chi connectivity index (χ2v) is 4.06. The summed E-state index contributed by atoms with van der Waals surface area (Å²) < 4.78 is 4.98. The summed E-state index contributed by atoms with van der Waals surface area (Å²) in [6, 6.07) is 8.17. The van der Waals surface area contributed by atoms with E-state index in [0.717, 1.165) is 11.3 Å². The van der Waals surface area contributed by atoms with Crippen molar-refractivity contribution in [2.24, 2.45) is 0 Å². The fraction of sp³-hybridized carbons (Fsp3) is 0.154. The number of rotatable bonds is 4. The standard InChI is InChI=1S/C13H11N3O3/c1-15(8-10-4-5-19-9-10)12-2-3-13(16(17)18)11(6-12)7-14/h2-6,9H,8H2,1H3. The molecular weight excluding hydrogens is 246 g/mol. The van der Waals surface area contributed by atoms with E-state index < -0.39 is 4.92 Å². The number of nitriles is 1. The maximum absolute atomic E-state index is 10.7. The highest BCUT2D eigenvalue weighted by Gasteiger charge is 2.15. The molecule has 1 heterocycles. The molecule has 0 aliphatic carbocycles. The van der Waals surface area contributed by atoms with Gasteiger partial charge in [0.15, 0.2) is 0 Å². The second-order valence-electron chi connectivity index (χ2n) is 4.06. The van der Waals surface area contributed by atoms with Crippen molar-refractivity contribution in [1.29, 1.82) is 5.26 Å². The Kier molecular flexibility index (Phi) is 3.48. The van der Waals surface area contributed by atoms with Gasteiger partial charge in [-0.1, -0.05) is 0 Å². The minimum absolute atomic E-state index is 0.0570. The lowest BCUT2D eigenvalue weighted by atomic mass is 10.1. The van der Waals surface area contributed by atoms with Crippen LogP contribution in [0.15, 0.2) is 41.2 Å². The molecule has 0 fully saturated rings. The van der Waals surface area contributed by atoms with Crippen molar-refractivity contribution in [1.82, 2.24) is 0 Å². The topological polar surface area (TPSA) is 83.3 Å². The predicted octanol–water partition coefficient (Wildman–Crippen LogP) is 2.70. The third-order valence-corrected chi connectivity index (χ3v) is 2.74. The van der Waals surface area contributed by atoms with Gasteiger partial charge in [0, 0.05) is 30.9 Å². The lowest BCUT2D eigenvalue weighted by Crippen LogP contribution is -2.16. The van der Waals surface area contributed by atoms with E-state index >= 15 is 0 Å². The number of hydrogen-bond donors (Lipinski definition) is 0. The summed E-state index contributed by atoms with van der Waals surface area (Å²) >= 11 is 0. The molecule has 0 atom stereocenters. The molecule has 0 radical (unpaired) electrons. The van der Waals surface area contributed by atoms with Crippen LogP contribution in [0.2, 0.25) is 0 Å². The molecule has 0 amide bonds. The van der Waals surface area contributed by atoms with E-state index in [2.05, 4.69) is 0 Å². The maximum Gasteiger partial charge on any atom is 0.287 e. The SMILES string of the molecule is CN(Cc1ccoc1)c1ccc([N+](=O)[O-])c(C#N)c1. The van der Waals surface area contributed by atoms with E-state index in [4.69, 9.17) is 9.68 Å². The van der Waals surface area contributed by atoms with Gasteiger partial charge in [0.25, 0.3) is 5.69 Å². The molecule has 19 heavy (non-hydrogen) atoms. The molecule has 0 aliphatic rings. The molecule has 0 spiro atoms. The molecule has 0 saturated heterocycles. The normalized spacial score (nSPS) is 9.89. The molecule has 6 nitrogen and oxygen atoms in total. The molecule has 6 heteroatoms. The van der Waals surface area contributed by atoms with Crippen molar-refractivity contribution < 1.29 is 9.34 Å². The summed E-state index contributed by atoms with van der Waals surface area (Å²) in [7, 11) is 1.84. The van der Waals surface area contributed by atoms with Crippen LogP contribution in [0.25, 0.3) is 0 Å². The largest absolute Gasteiger partial charge is 0.472 e. The van der Waals surface area contributed by atoms with Crippen molar-refractivity contribution >= 4 is 11.4 Å². The first-order valence-electron chi connectivity index (χ1n) is 5.52. The minimum Gasteiger partial charge on any atom is -0.472 e. The molecule has 0 bridgehead atoms. The van der Waals surface area contributed by atoms with E-state index in [1.165, 1.54) is 12.1 Å². The summed E-state index contributed by atoms with van der Waals surface area (Å²) in [5, 5.41) is 19.7. The van der Waals surface area contributed by atoms with Gasteiger partial charge in [-0.15, -0.1) is 0 Å². The summed E-state index contributed by atoms with van der Waals surface area (Å²) in [5.74, 6) is 0. The van der Waals surface area contributed by atoms with Gasteiger partial charge in [0.1, 0.15) is 11.6 Å². The van der Waals surface area contributed by atoms with Gasteiger partial charge < -0.3 is 9.32 Å². The summed E-state index contributed by atoms with van der Waals surface area (Å²) in [6.07, 6.45) is 3.22. The Morgan fingerprint density at radius 2 is 2.26 bits per heavy atom. The molecule has 0 unspecified atom stereocenters. The molecule has 2 aromatic rings. The Morgan fingerprint density at radius 1 is 1.47 bits per heavy atom. The molecule has 96 valence electrons. The minimum atomic E-state index is -0.557. The number of benzene rings is 1. The van der Waals surface area contributed by atoms with Crippen molar-refractivity contribution in [2.45, 2.75) is 6.54 Å². The first-order chi connectivity index (χ1) is 9.11. The van der Waals surface area contributed by atoms with Crippen molar-refractivity contribution in [3.05, 3.63) is 58.0 Å². The molecule has 1 aromatic heterocycles. The summed E-state index contributed by atoms with van der Waals surface area (Å²) in [5.41, 5.74) is 1.60. The number of hydrogen-bond acceptors (Lipinski definition) is 5. The van der Waals surface area contributed by atoms with Crippen LogP contribution in [0.3, 0.4) is 0 Å². The number of nitrogens with zero attached hydrogens (tertiary/aromatic N) is 3. The predicted molar refractivity (Wildman–Crippen MR) is 68.6 cm³/mol. The molecule has 0 N–H and O–H groups in total. The van der Waals surface area contributed by atoms with E-state index in [1.54, 1.807) is 18.6 Å². The number of anilines is 1. The zero-order valence-electron chi connectivity index (χ0n) is 10.2. The Balaban J connectivity index is 2.26. The Hall–Kier alpha value is -2.81. The van der Waals surface area contributed by atoms with Crippen LogP contribution in [0.4, 0.5) is 11.4 Å². The summed E-state index contributed by atoms with van der Waals surface area (Å²) in [4.78, 5) is 12.1. The molecular formula is C13H11N3O3. The highest BCUT2D eigenvalue weighted by atomic mass is 16.6. The third-order valence-electron chi connectivity index (χ3n) is 2.74. The number of nitro groups is 1. The highest BCUT2D eigenvalue weighted by Crippen LogP contribution is 2.24. The van der Waals surface area contributed by atoms with Gasteiger partial charge in [0.2, 0.25) is 0 Å². The number of nitro benzene ring substituents is 1. The van der Waals surface area contributed by atoms with Crippen LogP contribution >= 0.6 is 0 Å². The molecule has 2 rings (SSSR count). The molecule has 1 aromatic carbocycles. The Bertz CT molecular complexity index is 629. The smallest absolute Gasteiger partial charge is 0.287 e. The van der Waals surface area contributed by atoms with Crippen molar-refractivity contribution in [3.63, 3.8) is 0 Å². The van der Waals surface area contributed by atoms with E-state index in [-0.39, 0.29) is 11.3 Å². The average molecular weight is 257 g/mol. The number of furan rings is 1. The highest BCUT2D eigenvalue weighted by molar-refractivity contribution is 5.59.